The van der Waals surface area contributed by atoms with Crippen molar-refractivity contribution >= 4 is 0 Å². The van der Waals surface area contributed by atoms with Crippen molar-refractivity contribution in [3.05, 3.63) is 30.1 Å². The number of hydrogen-bond acceptors (Lipinski definition) is 3. The van der Waals surface area contributed by atoms with E-state index in [1.165, 1.54) is 0 Å². The maximum Gasteiger partial charge on any atom is 0.0689 e. The van der Waals surface area contributed by atoms with Crippen molar-refractivity contribution in [2.45, 2.75) is 26.4 Å². The van der Waals surface area contributed by atoms with Gasteiger partial charge in [0.25, 0.3) is 0 Å². The minimum absolute atomic E-state index is 0.242. The average molecular weight is 222 g/mol. The molecule has 1 rings (SSSR count). The lowest BCUT2D eigenvalue weighted by atomic mass is 10.1. The molecule has 1 unspecified atom stereocenters. The van der Waals surface area contributed by atoms with Gasteiger partial charge in [-0.3, -0.25) is 4.98 Å². The Morgan fingerprint density at radius 1 is 1.38 bits per heavy atom. The summed E-state index contributed by atoms with van der Waals surface area (Å²) in [7, 11) is 2.04. The van der Waals surface area contributed by atoms with Crippen LogP contribution in [0.25, 0.3) is 0 Å². The van der Waals surface area contributed by atoms with Gasteiger partial charge in [-0.15, -0.1) is 0 Å². The van der Waals surface area contributed by atoms with Crippen LogP contribution in [0.4, 0.5) is 0 Å². The predicted octanol–water partition coefficient (Wildman–Crippen LogP) is 1.57. The Bertz CT molecular complexity index is 287. The number of aliphatic hydroxyl groups is 1. The summed E-state index contributed by atoms with van der Waals surface area (Å²) in [6, 6.07) is 5.97. The summed E-state index contributed by atoms with van der Waals surface area (Å²) in [4.78, 5) is 6.43. The highest BCUT2D eigenvalue weighted by molar-refractivity contribution is 5.03. The molecule has 0 bridgehead atoms. The summed E-state index contributed by atoms with van der Waals surface area (Å²) in [6.07, 6.45) is 2.51. The van der Waals surface area contributed by atoms with Crippen LogP contribution in [-0.4, -0.2) is 41.2 Å². The van der Waals surface area contributed by atoms with Crippen molar-refractivity contribution in [2.75, 3.05) is 20.1 Å². The van der Waals surface area contributed by atoms with Crippen LogP contribution in [0.15, 0.2) is 24.4 Å². The molecule has 0 fully saturated rings. The maximum atomic E-state index is 9.74. The van der Waals surface area contributed by atoms with Crippen LogP contribution < -0.4 is 0 Å². The van der Waals surface area contributed by atoms with E-state index >= 15 is 0 Å². The second-order valence-corrected chi connectivity index (χ2v) is 4.64. The van der Waals surface area contributed by atoms with E-state index in [1.807, 2.05) is 45.3 Å². The zero-order chi connectivity index (χ0) is 12.0. The molecule has 1 atom stereocenters. The summed E-state index contributed by atoms with van der Waals surface area (Å²) in [5.74, 6) is 0.317. The van der Waals surface area contributed by atoms with Gasteiger partial charge in [0.15, 0.2) is 0 Å². The number of aliphatic hydroxyl groups excluding tert-OH is 1. The average Bonchev–Trinajstić information content (AvgIpc) is 2.27. The molecule has 1 N–H and O–H groups in total. The molecule has 1 heterocycles. The van der Waals surface area contributed by atoms with Gasteiger partial charge in [-0.05, 0) is 25.1 Å². The predicted molar refractivity (Wildman–Crippen MR) is 66.3 cm³/mol. The van der Waals surface area contributed by atoms with Crippen LogP contribution >= 0.6 is 0 Å². The Morgan fingerprint density at radius 2 is 2.12 bits per heavy atom. The van der Waals surface area contributed by atoms with E-state index in [1.54, 1.807) is 0 Å². The largest absolute Gasteiger partial charge is 0.392 e. The summed E-state index contributed by atoms with van der Waals surface area (Å²) >= 11 is 0. The number of aromatic nitrogens is 1. The molecule has 3 heteroatoms. The first-order chi connectivity index (χ1) is 7.59. The third-order valence-electron chi connectivity index (χ3n) is 2.74. The molecule has 1 aromatic rings. The number of likely N-dealkylation sites (N-methyl/N-ethyl adjacent to an activating group) is 1. The Morgan fingerprint density at radius 3 is 2.69 bits per heavy atom. The molecule has 0 saturated heterocycles. The molecule has 0 radical (unpaired) electrons. The van der Waals surface area contributed by atoms with E-state index in [-0.39, 0.29) is 6.10 Å². The molecular formula is C13H22N2O. The molecule has 0 spiro atoms. The molecule has 0 aliphatic rings. The topological polar surface area (TPSA) is 36.4 Å². The number of rotatable bonds is 6. The van der Waals surface area contributed by atoms with E-state index in [4.69, 9.17) is 0 Å². The van der Waals surface area contributed by atoms with Gasteiger partial charge < -0.3 is 10.0 Å². The van der Waals surface area contributed by atoms with Gasteiger partial charge in [0.05, 0.1) is 6.10 Å². The molecule has 90 valence electrons. The molecule has 16 heavy (non-hydrogen) atoms. The second-order valence-electron chi connectivity index (χ2n) is 4.64. The highest BCUT2D eigenvalue weighted by Crippen LogP contribution is 2.03. The Hall–Kier alpha value is -0.930. The molecule has 0 aromatic carbocycles. The first-order valence-electron chi connectivity index (χ1n) is 5.86. The Kier molecular flexibility index (Phi) is 5.43. The van der Waals surface area contributed by atoms with Gasteiger partial charge >= 0.3 is 0 Å². The number of nitrogens with zero attached hydrogens (tertiary/aromatic N) is 2. The first kappa shape index (κ1) is 13.1. The van der Waals surface area contributed by atoms with Crippen LogP contribution in [0, 0.1) is 5.92 Å². The fourth-order valence-corrected chi connectivity index (χ4v) is 1.47. The Balaban J connectivity index is 2.28. The summed E-state index contributed by atoms with van der Waals surface area (Å²) in [5.41, 5.74) is 1.10. The van der Waals surface area contributed by atoms with Gasteiger partial charge in [-0.25, -0.2) is 0 Å². The highest BCUT2D eigenvalue weighted by atomic mass is 16.3. The molecule has 3 nitrogen and oxygen atoms in total. The summed E-state index contributed by atoms with van der Waals surface area (Å²) < 4.78 is 0. The van der Waals surface area contributed by atoms with Crippen molar-refractivity contribution in [3.63, 3.8) is 0 Å². The highest BCUT2D eigenvalue weighted by Gasteiger charge is 2.11. The van der Waals surface area contributed by atoms with E-state index in [0.717, 1.165) is 25.2 Å². The van der Waals surface area contributed by atoms with E-state index in [2.05, 4.69) is 9.88 Å². The quantitative estimate of drug-likeness (QED) is 0.794. The number of pyridine rings is 1. The summed E-state index contributed by atoms with van der Waals surface area (Å²) in [5, 5.41) is 9.74. The van der Waals surface area contributed by atoms with Crippen LogP contribution in [0.2, 0.25) is 0 Å². The van der Waals surface area contributed by atoms with Crippen LogP contribution in [-0.2, 0) is 6.42 Å². The van der Waals surface area contributed by atoms with Gasteiger partial charge in [0.1, 0.15) is 0 Å². The van der Waals surface area contributed by atoms with Gasteiger partial charge in [0.2, 0.25) is 0 Å². The number of hydrogen-bond donors (Lipinski definition) is 1. The minimum Gasteiger partial charge on any atom is -0.392 e. The lowest BCUT2D eigenvalue weighted by Gasteiger charge is -2.22. The van der Waals surface area contributed by atoms with Crippen LogP contribution in [0.5, 0.6) is 0 Å². The van der Waals surface area contributed by atoms with E-state index < -0.39 is 0 Å². The van der Waals surface area contributed by atoms with Crippen molar-refractivity contribution in [2.24, 2.45) is 5.92 Å². The van der Waals surface area contributed by atoms with Gasteiger partial charge in [-0.2, -0.15) is 0 Å². The Labute approximate surface area is 98.1 Å². The zero-order valence-electron chi connectivity index (χ0n) is 10.4. The van der Waals surface area contributed by atoms with Gasteiger partial charge in [0, 0.05) is 31.4 Å². The van der Waals surface area contributed by atoms with Crippen molar-refractivity contribution < 1.29 is 5.11 Å². The lowest BCUT2D eigenvalue weighted by molar-refractivity contribution is 0.0865. The molecule has 0 saturated carbocycles. The minimum atomic E-state index is -0.242. The van der Waals surface area contributed by atoms with E-state index in [9.17, 15) is 5.11 Å². The standard InChI is InChI=1S/C13H22N2O/c1-11(2)13(16)10-15(3)9-7-12-6-4-5-8-14-12/h4-6,8,11,13,16H,7,9-10H2,1-3H3. The van der Waals surface area contributed by atoms with Crippen molar-refractivity contribution in [1.82, 2.24) is 9.88 Å². The maximum absolute atomic E-state index is 9.74. The third-order valence-corrected chi connectivity index (χ3v) is 2.74. The monoisotopic (exact) mass is 222 g/mol. The smallest absolute Gasteiger partial charge is 0.0689 e. The molecule has 0 aliphatic heterocycles. The molecule has 0 amide bonds. The normalized spacial score (nSPS) is 13.4. The fraction of sp³-hybridized carbons (Fsp3) is 0.615. The molecule has 1 aromatic heterocycles. The van der Waals surface area contributed by atoms with Crippen molar-refractivity contribution in [3.8, 4) is 0 Å². The lowest BCUT2D eigenvalue weighted by Crippen LogP contribution is -2.33. The van der Waals surface area contributed by atoms with Crippen LogP contribution in [0.3, 0.4) is 0 Å². The van der Waals surface area contributed by atoms with Crippen LogP contribution in [0.1, 0.15) is 19.5 Å². The summed E-state index contributed by atoms with van der Waals surface area (Å²) in [6.45, 7) is 5.74. The third kappa shape index (κ3) is 4.73. The SMILES string of the molecule is CC(C)C(O)CN(C)CCc1ccccn1. The van der Waals surface area contributed by atoms with E-state index in [0.29, 0.717) is 5.92 Å². The molecule has 0 aliphatic carbocycles. The second kappa shape index (κ2) is 6.61. The zero-order valence-corrected chi connectivity index (χ0v) is 10.4. The van der Waals surface area contributed by atoms with Gasteiger partial charge in [-0.1, -0.05) is 19.9 Å². The molecular weight excluding hydrogens is 200 g/mol. The first-order valence-corrected chi connectivity index (χ1v) is 5.86. The van der Waals surface area contributed by atoms with Crippen molar-refractivity contribution in [1.29, 1.82) is 0 Å². The fourth-order valence-electron chi connectivity index (χ4n) is 1.47.